The first-order valence-electron chi connectivity index (χ1n) is 7.75. The number of aromatic amines is 1. The third-order valence-corrected chi connectivity index (χ3v) is 4.11. The predicted molar refractivity (Wildman–Crippen MR) is 100 cm³/mol. The van der Waals surface area contributed by atoms with Gasteiger partial charge in [0.25, 0.3) is 5.91 Å². The summed E-state index contributed by atoms with van der Waals surface area (Å²) in [6, 6.07) is 15.7. The molecule has 8 heteroatoms. The molecule has 4 aromatic rings. The van der Waals surface area contributed by atoms with E-state index in [2.05, 4.69) is 20.3 Å². The molecule has 0 aliphatic heterocycles. The maximum absolute atomic E-state index is 12.6. The summed E-state index contributed by atoms with van der Waals surface area (Å²) in [6.45, 7) is 0. The van der Waals surface area contributed by atoms with E-state index in [9.17, 15) is 9.90 Å². The molecule has 0 saturated carbocycles. The SMILES string of the molecule is O=C(Nc1ccc(O)cc1)c1ncnc2c1[nH]c(=S)n2-c1ccccc1. The van der Waals surface area contributed by atoms with Gasteiger partial charge in [-0.2, -0.15) is 0 Å². The number of imidazole rings is 1. The van der Waals surface area contributed by atoms with Gasteiger partial charge in [-0.1, -0.05) is 18.2 Å². The number of nitrogens with one attached hydrogen (secondary N) is 2. The number of rotatable bonds is 3. The van der Waals surface area contributed by atoms with Gasteiger partial charge in [-0.3, -0.25) is 9.36 Å². The second-order valence-corrected chi connectivity index (χ2v) is 5.91. The van der Waals surface area contributed by atoms with E-state index in [0.29, 0.717) is 21.6 Å². The van der Waals surface area contributed by atoms with Crippen LogP contribution in [0.4, 0.5) is 5.69 Å². The van der Waals surface area contributed by atoms with Gasteiger partial charge in [-0.05, 0) is 48.6 Å². The van der Waals surface area contributed by atoms with E-state index in [1.807, 2.05) is 30.3 Å². The molecule has 0 unspecified atom stereocenters. The number of amides is 1. The fourth-order valence-corrected chi connectivity index (χ4v) is 2.94. The Kier molecular flexibility index (Phi) is 3.94. The van der Waals surface area contributed by atoms with Crippen LogP contribution in [0.25, 0.3) is 16.9 Å². The largest absolute Gasteiger partial charge is 0.508 e. The number of carbonyl (C=O) groups is 1. The molecule has 0 bridgehead atoms. The zero-order chi connectivity index (χ0) is 18.1. The van der Waals surface area contributed by atoms with Crippen molar-refractivity contribution >= 4 is 35.0 Å². The number of phenolic OH excluding ortho intramolecular Hbond substituents is 1. The van der Waals surface area contributed by atoms with E-state index in [1.165, 1.54) is 18.5 Å². The zero-order valence-corrected chi connectivity index (χ0v) is 14.2. The van der Waals surface area contributed by atoms with Crippen LogP contribution in [0.15, 0.2) is 60.9 Å². The lowest BCUT2D eigenvalue weighted by atomic mass is 10.2. The van der Waals surface area contributed by atoms with Gasteiger partial charge in [0, 0.05) is 11.4 Å². The molecule has 7 nitrogen and oxygen atoms in total. The van der Waals surface area contributed by atoms with E-state index in [0.717, 1.165) is 5.69 Å². The molecule has 0 spiro atoms. The summed E-state index contributed by atoms with van der Waals surface area (Å²) in [7, 11) is 0. The topological polar surface area (TPSA) is 95.8 Å². The number of hydrogen-bond acceptors (Lipinski definition) is 5. The van der Waals surface area contributed by atoms with E-state index in [-0.39, 0.29) is 11.4 Å². The van der Waals surface area contributed by atoms with Crippen LogP contribution in [0.3, 0.4) is 0 Å². The maximum Gasteiger partial charge on any atom is 0.276 e. The minimum absolute atomic E-state index is 0.122. The molecule has 2 heterocycles. The van der Waals surface area contributed by atoms with Gasteiger partial charge in [0.05, 0.1) is 0 Å². The molecule has 0 saturated heterocycles. The predicted octanol–water partition coefficient (Wildman–Crippen LogP) is 3.44. The summed E-state index contributed by atoms with van der Waals surface area (Å²) >= 11 is 5.41. The van der Waals surface area contributed by atoms with Crippen molar-refractivity contribution in [1.29, 1.82) is 0 Å². The van der Waals surface area contributed by atoms with Crippen LogP contribution < -0.4 is 5.32 Å². The second-order valence-electron chi connectivity index (χ2n) is 5.52. The van der Waals surface area contributed by atoms with Gasteiger partial charge >= 0.3 is 0 Å². The van der Waals surface area contributed by atoms with Crippen LogP contribution in [0.1, 0.15) is 10.5 Å². The number of phenols is 1. The number of H-pyrrole nitrogens is 1. The van der Waals surface area contributed by atoms with Crippen LogP contribution in [-0.4, -0.2) is 30.5 Å². The minimum Gasteiger partial charge on any atom is -0.508 e. The highest BCUT2D eigenvalue weighted by atomic mass is 32.1. The first-order valence-corrected chi connectivity index (χ1v) is 8.16. The third kappa shape index (κ3) is 2.82. The molecule has 3 N–H and O–H groups in total. The Balaban J connectivity index is 1.78. The third-order valence-electron chi connectivity index (χ3n) is 3.83. The molecular formula is C18H13N5O2S. The van der Waals surface area contributed by atoms with Crippen molar-refractivity contribution in [2.75, 3.05) is 5.32 Å². The normalized spacial score (nSPS) is 10.8. The molecule has 4 rings (SSSR count). The second kappa shape index (κ2) is 6.41. The van der Waals surface area contributed by atoms with Gasteiger partial charge in [0.1, 0.15) is 17.6 Å². The molecule has 0 fully saturated rings. The number of benzene rings is 2. The lowest BCUT2D eigenvalue weighted by Crippen LogP contribution is -2.14. The van der Waals surface area contributed by atoms with Crippen LogP contribution in [0, 0.1) is 4.77 Å². The molecule has 0 aliphatic rings. The Morgan fingerprint density at radius 3 is 2.54 bits per heavy atom. The standard InChI is InChI=1S/C18H13N5O2S/c24-13-8-6-11(7-9-13)21-17(25)15-14-16(20-10-19-15)23(18(26)22-14)12-4-2-1-3-5-12/h1-10,24H,(H,21,25)(H,22,26). The summed E-state index contributed by atoms with van der Waals surface area (Å²) in [5.41, 5.74) is 2.54. The Morgan fingerprint density at radius 2 is 1.81 bits per heavy atom. The lowest BCUT2D eigenvalue weighted by molar-refractivity contribution is 0.102. The van der Waals surface area contributed by atoms with Gasteiger partial charge in [0.15, 0.2) is 16.1 Å². The molecule has 26 heavy (non-hydrogen) atoms. The number of aromatic nitrogens is 4. The molecule has 0 aliphatic carbocycles. The quantitative estimate of drug-likeness (QED) is 0.383. The van der Waals surface area contributed by atoms with Crippen LogP contribution >= 0.6 is 12.2 Å². The monoisotopic (exact) mass is 363 g/mol. The summed E-state index contributed by atoms with van der Waals surface area (Å²) in [5, 5.41) is 12.1. The van der Waals surface area contributed by atoms with Crippen molar-refractivity contribution in [3.63, 3.8) is 0 Å². The van der Waals surface area contributed by atoms with E-state index < -0.39 is 5.91 Å². The first-order chi connectivity index (χ1) is 12.6. The Morgan fingerprint density at radius 1 is 1.08 bits per heavy atom. The van der Waals surface area contributed by atoms with E-state index in [4.69, 9.17) is 12.2 Å². The Hall–Kier alpha value is -3.52. The number of fused-ring (bicyclic) bond motifs is 1. The highest BCUT2D eigenvalue weighted by molar-refractivity contribution is 7.71. The number of para-hydroxylation sites is 1. The fraction of sp³-hybridized carbons (Fsp3) is 0. The molecule has 2 aromatic heterocycles. The number of hydrogen-bond donors (Lipinski definition) is 3. The summed E-state index contributed by atoms with van der Waals surface area (Å²) < 4.78 is 2.18. The lowest BCUT2D eigenvalue weighted by Gasteiger charge is -2.06. The average molecular weight is 363 g/mol. The zero-order valence-electron chi connectivity index (χ0n) is 13.4. The summed E-state index contributed by atoms with van der Waals surface area (Å²) in [5.74, 6) is -0.281. The summed E-state index contributed by atoms with van der Waals surface area (Å²) in [4.78, 5) is 24.1. The van der Waals surface area contributed by atoms with Crippen LogP contribution in [-0.2, 0) is 0 Å². The first kappa shape index (κ1) is 16.0. The van der Waals surface area contributed by atoms with Gasteiger partial charge in [-0.15, -0.1) is 0 Å². The smallest absolute Gasteiger partial charge is 0.276 e. The number of nitrogens with zero attached hydrogens (tertiary/aromatic N) is 3. The Labute approximate surface area is 153 Å². The van der Waals surface area contributed by atoms with Crippen LogP contribution in [0.2, 0.25) is 0 Å². The molecule has 0 radical (unpaired) electrons. The highest BCUT2D eigenvalue weighted by Gasteiger charge is 2.17. The van der Waals surface area contributed by atoms with Crippen molar-refractivity contribution in [3.8, 4) is 11.4 Å². The van der Waals surface area contributed by atoms with Crippen molar-refractivity contribution in [1.82, 2.24) is 19.5 Å². The van der Waals surface area contributed by atoms with E-state index in [1.54, 1.807) is 16.7 Å². The molecule has 0 atom stereocenters. The summed E-state index contributed by atoms with van der Waals surface area (Å²) in [6.07, 6.45) is 1.33. The van der Waals surface area contributed by atoms with Crippen molar-refractivity contribution < 1.29 is 9.90 Å². The molecule has 1 amide bonds. The van der Waals surface area contributed by atoms with Crippen LogP contribution in [0.5, 0.6) is 5.75 Å². The van der Waals surface area contributed by atoms with Crippen molar-refractivity contribution in [2.24, 2.45) is 0 Å². The van der Waals surface area contributed by atoms with Crippen molar-refractivity contribution in [3.05, 3.63) is 71.4 Å². The van der Waals surface area contributed by atoms with E-state index >= 15 is 0 Å². The minimum atomic E-state index is -0.403. The number of aromatic hydroxyl groups is 1. The maximum atomic E-state index is 12.6. The van der Waals surface area contributed by atoms with Gasteiger partial charge < -0.3 is 15.4 Å². The number of carbonyl (C=O) groups excluding carboxylic acids is 1. The fourth-order valence-electron chi connectivity index (χ4n) is 2.64. The Bertz CT molecular complexity index is 1150. The molecule has 2 aromatic carbocycles. The van der Waals surface area contributed by atoms with Gasteiger partial charge in [0.2, 0.25) is 0 Å². The highest BCUT2D eigenvalue weighted by Crippen LogP contribution is 2.20. The molecular weight excluding hydrogens is 350 g/mol. The molecule has 128 valence electrons. The van der Waals surface area contributed by atoms with Crippen molar-refractivity contribution in [2.45, 2.75) is 0 Å². The average Bonchev–Trinajstić information content (AvgIpc) is 3.00. The number of anilines is 1. The van der Waals surface area contributed by atoms with Gasteiger partial charge in [-0.25, -0.2) is 9.97 Å².